The van der Waals surface area contributed by atoms with Crippen molar-refractivity contribution in [1.82, 2.24) is 15.6 Å². The number of carbonyl (C=O) groups excluding carboxylic acids is 2. The summed E-state index contributed by atoms with van der Waals surface area (Å²) in [6.45, 7) is 3.33. The van der Waals surface area contributed by atoms with Crippen LogP contribution in [0.5, 0.6) is 0 Å². The van der Waals surface area contributed by atoms with Crippen molar-refractivity contribution in [2.45, 2.75) is 51.9 Å². The third-order valence-electron chi connectivity index (χ3n) is 4.19. The van der Waals surface area contributed by atoms with E-state index in [2.05, 4.69) is 28.6 Å². The number of amides is 2. The van der Waals surface area contributed by atoms with Gasteiger partial charge in [-0.25, -0.2) is 0 Å². The normalized spacial score (nSPS) is 14.0. The van der Waals surface area contributed by atoms with E-state index >= 15 is 0 Å². The molecule has 0 unspecified atom stereocenters. The molecule has 0 bridgehead atoms. The third-order valence-corrected chi connectivity index (χ3v) is 4.19. The minimum atomic E-state index is -0.227. The van der Waals surface area contributed by atoms with Crippen molar-refractivity contribution in [2.75, 3.05) is 13.1 Å². The predicted molar refractivity (Wildman–Crippen MR) is 95.0 cm³/mol. The Kier molecular flexibility index (Phi) is 7.46. The molecule has 0 atom stereocenters. The monoisotopic (exact) mass is 329 g/mol. The maximum Gasteiger partial charge on any atom is 0.269 e. The zero-order valence-electron chi connectivity index (χ0n) is 14.4. The first kappa shape index (κ1) is 18.2. The average Bonchev–Trinajstić information content (AvgIpc) is 2.63. The number of carbonyl (C=O) groups is 2. The zero-order chi connectivity index (χ0) is 17.2. The molecule has 130 valence electrons. The molecule has 0 fully saturated rings. The number of hydrogen-bond donors (Lipinski definition) is 2. The van der Waals surface area contributed by atoms with Crippen LogP contribution in [0.25, 0.3) is 0 Å². The van der Waals surface area contributed by atoms with Crippen LogP contribution in [0.3, 0.4) is 0 Å². The summed E-state index contributed by atoms with van der Waals surface area (Å²) in [5.74, 6) is -0.387. The molecule has 24 heavy (non-hydrogen) atoms. The molecule has 5 heteroatoms. The fraction of sp³-hybridized carbons (Fsp3) is 0.526. The zero-order valence-corrected chi connectivity index (χ0v) is 14.4. The van der Waals surface area contributed by atoms with Gasteiger partial charge in [-0.05, 0) is 50.7 Å². The minimum absolute atomic E-state index is 0.160. The van der Waals surface area contributed by atoms with Crippen LogP contribution < -0.4 is 10.6 Å². The molecule has 5 nitrogen and oxygen atoms in total. The molecular weight excluding hydrogens is 302 g/mol. The van der Waals surface area contributed by atoms with E-state index in [4.69, 9.17) is 0 Å². The number of aromatic nitrogens is 1. The summed E-state index contributed by atoms with van der Waals surface area (Å²) < 4.78 is 0. The number of hydrogen-bond acceptors (Lipinski definition) is 3. The fourth-order valence-electron chi connectivity index (χ4n) is 2.74. The molecule has 2 rings (SSSR count). The summed E-state index contributed by atoms with van der Waals surface area (Å²) >= 11 is 0. The third kappa shape index (κ3) is 5.80. The fourth-order valence-corrected chi connectivity index (χ4v) is 2.74. The predicted octanol–water partition coefficient (Wildman–Crippen LogP) is 3.23. The lowest BCUT2D eigenvalue weighted by atomic mass is 9.97. The number of nitrogens with zero attached hydrogens (tertiary/aromatic N) is 1. The number of rotatable bonds is 8. The Hall–Kier alpha value is -2.17. The van der Waals surface area contributed by atoms with Crippen molar-refractivity contribution in [3.63, 3.8) is 0 Å². The summed E-state index contributed by atoms with van der Waals surface area (Å²) in [6, 6.07) is 3.18. The van der Waals surface area contributed by atoms with Crippen LogP contribution >= 0.6 is 0 Å². The van der Waals surface area contributed by atoms with Gasteiger partial charge in [-0.2, -0.15) is 0 Å². The molecule has 0 aromatic carbocycles. The Bertz CT molecular complexity index is 596. The van der Waals surface area contributed by atoms with Gasteiger partial charge in [-0.1, -0.05) is 25.0 Å². The Morgan fingerprint density at radius 1 is 1.17 bits per heavy atom. The highest BCUT2D eigenvalue weighted by Gasteiger charge is 2.12. The SMILES string of the molecule is CCCCNC(=O)c1ccnc(C(=O)NCCC2=CCCCC2)c1. The first-order valence-electron chi connectivity index (χ1n) is 8.91. The van der Waals surface area contributed by atoms with Gasteiger partial charge in [-0.15, -0.1) is 0 Å². The molecule has 0 saturated carbocycles. The first-order valence-corrected chi connectivity index (χ1v) is 8.91. The van der Waals surface area contributed by atoms with Crippen molar-refractivity contribution >= 4 is 11.8 Å². The Labute approximate surface area is 143 Å². The van der Waals surface area contributed by atoms with Crippen LogP contribution in [0.15, 0.2) is 30.0 Å². The lowest BCUT2D eigenvalue weighted by Gasteiger charge is -2.13. The second-order valence-electron chi connectivity index (χ2n) is 6.15. The number of unbranched alkanes of at least 4 members (excludes halogenated alkanes) is 1. The number of pyridine rings is 1. The minimum Gasteiger partial charge on any atom is -0.352 e. The lowest BCUT2D eigenvalue weighted by molar-refractivity contribution is 0.0949. The van der Waals surface area contributed by atoms with E-state index in [1.54, 1.807) is 12.1 Å². The van der Waals surface area contributed by atoms with Gasteiger partial charge < -0.3 is 10.6 Å². The Morgan fingerprint density at radius 2 is 2.00 bits per heavy atom. The van der Waals surface area contributed by atoms with Gasteiger partial charge in [0.15, 0.2) is 0 Å². The van der Waals surface area contributed by atoms with Crippen molar-refractivity contribution in [3.8, 4) is 0 Å². The Morgan fingerprint density at radius 3 is 2.75 bits per heavy atom. The standard InChI is InChI=1S/C19H27N3O2/c1-2-3-11-21-18(23)16-10-13-20-17(14-16)19(24)22-12-9-15-7-5-4-6-8-15/h7,10,13-14H,2-6,8-9,11-12H2,1H3,(H,21,23)(H,22,24). The summed E-state index contributed by atoms with van der Waals surface area (Å²) in [5, 5.41) is 5.74. The van der Waals surface area contributed by atoms with Gasteiger partial charge in [-0.3, -0.25) is 14.6 Å². The van der Waals surface area contributed by atoms with E-state index in [-0.39, 0.29) is 17.5 Å². The summed E-state index contributed by atoms with van der Waals surface area (Å²) in [7, 11) is 0. The quantitative estimate of drug-likeness (QED) is 0.568. The molecule has 1 aromatic rings. The second kappa shape index (κ2) is 9.85. The number of nitrogens with one attached hydrogen (secondary N) is 2. The molecule has 0 radical (unpaired) electrons. The molecule has 1 aromatic heterocycles. The maximum absolute atomic E-state index is 12.2. The van der Waals surface area contributed by atoms with Crippen molar-refractivity contribution in [3.05, 3.63) is 41.2 Å². The van der Waals surface area contributed by atoms with E-state index in [1.807, 2.05) is 0 Å². The molecule has 2 N–H and O–H groups in total. The highest BCUT2D eigenvalue weighted by molar-refractivity contribution is 5.98. The molecular formula is C19H27N3O2. The van der Waals surface area contributed by atoms with Gasteiger partial charge in [0.1, 0.15) is 5.69 Å². The van der Waals surface area contributed by atoms with E-state index in [9.17, 15) is 9.59 Å². The van der Waals surface area contributed by atoms with Crippen LogP contribution in [0.1, 0.15) is 72.7 Å². The van der Waals surface area contributed by atoms with E-state index < -0.39 is 0 Å². The molecule has 0 spiro atoms. The van der Waals surface area contributed by atoms with Crippen LogP contribution in [0.4, 0.5) is 0 Å². The van der Waals surface area contributed by atoms with Crippen LogP contribution in [0, 0.1) is 0 Å². The summed E-state index contributed by atoms with van der Waals surface area (Å²) in [4.78, 5) is 28.3. The largest absolute Gasteiger partial charge is 0.352 e. The second-order valence-corrected chi connectivity index (χ2v) is 6.15. The molecule has 0 saturated heterocycles. The molecule has 2 amide bonds. The molecule has 1 aliphatic carbocycles. The van der Waals surface area contributed by atoms with Gasteiger partial charge in [0.05, 0.1) is 0 Å². The smallest absolute Gasteiger partial charge is 0.269 e. The van der Waals surface area contributed by atoms with Crippen molar-refractivity contribution in [1.29, 1.82) is 0 Å². The summed E-state index contributed by atoms with van der Waals surface area (Å²) in [5.41, 5.74) is 2.19. The van der Waals surface area contributed by atoms with Gasteiger partial charge in [0.2, 0.25) is 0 Å². The van der Waals surface area contributed by atoms with Crippen molar-refractivity contribution < 1.29 is 9.59 Å². The first-order chi connectivity index (χ1) is 11.7. The van der Waals surface area contributed by atoms with E-state index in [0.717, 1.165) is 32.1 Å². The van der Waals surface area contributed by atoms with Crippen molar-refractivity contribution in [2.24, 2.45) is 0 Å². The summed E-state index contributed by atoms with van der Waals surface area (Å²) in [6.07, 6.45) is 11.5. The van der Waals surface area contributed by atoms with E-state index in [0.29, 0.717) is 18.7 Å². The molecule has 0 aliphatic heterocycles. The van der Waals surface area contributed by atoms with Crippen LogP contribution in [-0.2, 0) is 0 Å². The molecule has 1 heterocycles. The lowest BCUT2D eigenvalue weighted by Crippen LogP contribution is -2.27. The highest BCUT2D eigenvalue weighted by atomic mass is 16.2. The topological polar surface area (TPSA) is 71.1 Å². The highest BCUT2D eigenvalue weighted by Crippen LogP contribution is 2.19. The Balaban J connectivity index is 1.84. The van der Waals surface area contributed by atoms with Gasteiger partial charge in [0, 0.05) is 24.8 Å². The average molecular weight is 329 g/mol. The van der Waals surface area contributed by atoms with Crippen LogP contribution in [-0.4, -0.2) is 29.9 Å². The van der Waals surface area contributed by atoms with Gasteiger partial charge >= 0.3 is 0 Å². The van der Waals surface area contributed by atoms with Gasteiger partial charge in [0.25, 0.3) is 11.8 Å². The number of allylic oxidation sites excluding steroid dienone is 1. The van der Waals surface area contributed by atoms with Crippen LogP contribution in [0.2, 0.25) is 0 Å². The molecule has 1 aliphatic rings. The maximum atomic E-state index is 12.2. The van der Waals surface area contributed by atoms with E-state index in [1.165, 1.54) is 24.6 Å².